The van der Waals surface area contributed by atoms with Crippen LogP contribution in [0.25, 0.3) is 20.9 Å². The molecule has 3 aromatic carbocycles. The molecule has 4 heteroatoms. The van der Waals surface area contributed by atoms with Gasteiger partial charge in [0.05, 0.1) is 9.90 Å². The first-order valence-electron chi connectivity index (χ1n) is 7.04. The second-order valence-electron chi connectivity index (χ2n) is 5.28. The summed E-state index contributed by atoms with van der Waals surface area (Å²) in [5, 5.41) is 3.18. The van der Waals surface area contributed by atoms with Gasteiger partial charge < -0.3 is 0 Å². The Labute approximate surface area is 140 Å². The van der Waals surface area contributed by atoms with Crippen molar-refractivity contribution in [2.75, 3.05) is 0 Å². The number of hydrogen-bond donors (Lipinski definition) is 0. The lowest BCUT2D eigenvalue weighted by Crippen LogP contribution is -1.99. The highest BCUT2D eigenvalue weighted by atomic mass is 35.5. The van der Waals surface area contributed by atoms with E-state index in [1.807, 2.05) is 36.4 Å². The Morgan fingerprint density at radius 1 is 0.957 bits per heavy atom. The molecular formula is C19H10ClFOS. The van der Waals surface area contributed by atoms with Crippen LogP contribution in [-0.2, 0) is 0 Å². The van der Waals surface area contributed by atoms with E-state index in [0.717, 1.165) is 10.8 Å². The predicted octanol–water partition coefficient (Wildman–Crippen LogP) is 6.08. The quantitative estimate of drug-likeness (QED) is 0.404. The summed E-state index contributed by atoms with van der Waals surface area (Å²) in [6.07, 6.45) is 0. The Kier molecular flexibility index (Phi) is 3.40. The number of fused-ring (bicyclic) bond motifs is 2. The molecule has 4 aromatic rings. The molecule has 0 aliphatic heterocycles. The van der Waals surface area contributed by atoms with Crippen LogP contribution in [0, 0.1) is 5.82 Å². The Balaban J connectivity index is 1.85. The molecule has 0 spiro atoms. The Morgan fingerprint density at radius 3 is 2.57 bits per heavy atom. The van der Waals surface area contributed by atoms with Gasteiger partial charge in [0.25, 0.3) is 0 Å². The molecule has 0 bridgehead atoms. The Morgan fingerprint density at radius 2 is 1.74 bits per heavy atom. The van der Waals surface area contributed by atoms with Crippen LogP contribution in [-0.4, -0.2) is 5.78 Å². The molecule has 0 aliphatic rings. The topological polar surface area (TPSA) is 17.1 Å². The lowest BCUT2D eigenvalue weighted by atomic mass is 10.0. The molecule has 0 saturated carbocycles. The number of carbonyl (C=O) groups is 1. The normalized spacial score (nSPS) is 11.2. The summed E-state index contributed by atoms with van der Waals surface area (Å²) in [6.45, 7) is 0. The summed E-state index contributed by atoms with van der Waals surface area (Å²) in [6, 6.07) is 17.8. The summed E-state index contributed by atoms with van der Waals surface area (Å²) in [5.41, 5.74) is 0.581. The largest absolute Gasteiger partial charge is 0.288 e. The van der Waals surface area contributed by atoms with Gasteiger partial charge in [0.2, 0.25) is 5.78 Å². The number of thiophene rings is 1. The van der Waals surface area contributed by atoms with E-state index in [9.17, 15) is 9.18 Å². The van der Waals surface area contributed by atoms with Gasteiger partial charge in [-0.3, -0.25) is 4.79 Å². The third-order valence-corrected chi connectivity index (χ3v) is 5.47. The van der Waals surface area contributed by atoms with Gasteiger partial charge in [-0.25, -0.2) is 4.39 Å². The molecule has 0 unspecified atom stereocenters. The van der Waals surface area contributed by atoms with Gasteiger partial charge in [-0.1, -0.05) is 48.0 Å². The third-order valence-electron chi connectivity index (χ3n) is 3.81. The van der Waals surface area contributed by atoms with E-state index in [1.165, 1.54) is 23.5 Å². The van der Waals surface area contributed by atoms with E-state index in [1.54, 1.807) is 12.1 Å². The first-order chi connectivity index (χ1) is 11.1. The molecule has 0 N–H and O–H groups in total. The minimum Gasteiger partial charge on any atom is -0.288 e. The van der Waals surface area contributed by atoms with Crippen LogP contribution in [0.4, 0.5) is 4.39 Å². The van der Waals surface area contributed by atoms with Gasteiger partial charge in [0.1, 0.15) is 5.82 Å². The van der Waals surface area contributed by atoms with Crippen LogP contribution in [0.1, 0.15) is 15.2 Å². The van der Waals surface area contributed by atoms with Crippen LogP contribution in [0.2, 0.25) is 5.02 Å². The van der Waals surface area contributed by atoms with E-state index in [0.29, 0.717) is 25.5 Å². The van der Waals surface area contributed by atoms with Gasteiger partial charge in [0.15, 0.2) is 0 Å². The summed E-state index contributed by atoms with van der Waals surface area (Å²) in [5.74, 6) is -0.470. The smallest absolute Gasteiger partial charge is 0.204 e. The molecule has 0 fully saturated rings. The molecule has 0 aliphatic carbocycles. The van der Waals surface area contributed by atoms with Crippen molar-refractivity contribution in [3.63, 3.8) is 0 Å². The van der Waals surface area contributed by atoms with Crippen molar-refractivity contribution in [2.24, 2.45) is 0 Å². The fourth-order valence-corrected chi connectivity index (χ4v) is 4.15. The molecule has 1 aromatic heterocycles. The van der Waals surface area contributed by atoms with E-state index in [-0.39, 0.29) is 11.6 Å². The average Bonchev–Trinajstić information content (AvgIpc) is 2.89. The molecule has 0 atom stereocenters. The van der Waals surface area contributed by atoms with Crippen molar-refractivity contribution in [3.05, 3.63) is 81.9 Å². The second-order valence-corrected chi connectivity index (χ2v) is 6.71. The first-order valence-corrected chi connectivity index (χ1v) is 8.24. The fraction of sp³-hybridized carbons (Fsp3) is 0. The minimum atomic E-state index is -0.333. The van der Waals surface area contributed by atoms with Crippen molar-refractivity contribution in [1.82, 2.24) is 0 Å². The first kappa shape index (κ1) is 14.4. The zero-order valence-electron chi connectivity index (χ0n) is 11.8. The van der Waals surface area contributed by atoms with Gasteiger partial charge >= 0.3 is 0 Å². The zero-order chi connectivity index (χ0) is 16.0. The molecule has 4 rings (SSSR count). The van der Waals surface area contributed by atoms with Crippen molar-refractivity contribution in [1.29, 1.82) is 0 Å². The molecule has 1 nitrogen and oxygen atoms in total. The van der Waals surface area contributed by atoms with E-state index >= 15 is 0 Å². The second kappa shape index (κ2) is 5.44. The minimum absolute atomic E-state index is 0.137. The molecule has 112 valence electrons. The summed E-state index contributed by atoms with van der Waals surface area (Å²) in [4.78, 5) is 13.2. The highest BCUT2D eigenvalue weighted by molar-refractivity contribution is 7.21. The van der Waals surface area contributed by atoms with E-state index in [2.05, 4.69) is 0 Å². The van der Waals surface area contributed by atoms with Crippen molar-refractivity contribution in [3.8, 4) is 0 Å². The van der Waals surface area contributed by atoms with E-state index in [4.69, 9.17) is 11.6 Å². The molecule has 0 amide bonds. The molecule has 0 radical (unpaired) electrons. The lowest BCUT2D eigenvalue weighted by Gasteiger charge is -2.02. The molecule has 1 heterocycles. The van der Waals surface area contributed by atoms with Crippen LogP contribution >= 0.6 is 22.9 Å². The lowest BCUT2D eigenvalue weighted by molar-refractivity contribution is 0.104. The zero-order valence-corrected chi connectivity index (χ0v) is 13.4. The summed E-state index contributed by atoms with van der Waals surface area (Å²) in [7, 11) is 0. The maximum Gasteiger partial charge on any atom is 0.204 e. The fourth-order valence-electron chi connectivity index (χ4n) is 2.65. The maximum atomic E-state index is 13.4. The molecule has 23 heavy (non-hydrogen) atoms. The van der Waals surface area contributed by atoms with Crippen LogP contribution in [0.5, 0.6) is 0 Å². The van der Waals surface area contributed by atoms with Crippen molar-refractivity contribution >= 4 is 49.6 Å². The van der Waals surface area contributed by atoms with Crippen LogP contribution in [0.15, 0.2) is 60.7 Å². The summed E-state index contributed by atoms with van der Waals surface area (Å²) >= 11 is 7.56. The van der Waals surface area contributed by atoms with Gasteiger partial charge in [-0.05, 0) is 35.0 Å². The SMILES string of the molecule is O=C(c1ccc2ccccc2c1)c1sc2cc(F)ccc2c1Cl. The number of halogens is 2. The number of ketones is 1. The van der Waals surface area contributed by atoms with Crippen LogP contribution in [0.3, 0.4) is 0 Å². The number of rotatable bonds is 2. The third kappa shape index (κ3) is 2.42. The van der Waals surface area contributed by atoms with Crippen LogP contribution < -0.4 is 0 Å². The maximum absolute atomic E-state index is 13.4. The Bertz CT molecular complexity index is 1070. The summed E-state index contributed by atoms with van der Waals surface area (Å²) < 4.78 is 14.0. The molecular weight excluding hydrogens is 331 g/mol. The number of hydrogen-bond acceptors (Lipinski definition) is 2. The monoisotopic (exact) mass is 340 g/mol. The van der Waals surface area contributed by atoms with Crippen molar-refractivity contribution in [2.45, 2.75) is 0 Å². The highest BCUT2D eigenvalue weighted by Gasteiger charge is 2.19. The standard InChI is InChI=1S/C19H10ClFOS/c20-17-15-8-7-14(21)10-16(15)23-19(17)18(22)13-6-5-11-3-1-2-4-12(11)9-13/h1-10H. The number of benzene rings is 3. The number of carbonyl (C=O) groups excluding carboxylic acids is 1. The highest BCUT2D eigenvalue weighted by Crippen LogP contribution is 2.37. The van der Waals surface area contributed by atoms with Gasteiger partial charge in [-0.15, -0.1) is 11.3 Å². The van der Waals surface area contributed by atoms with Crippen molar-refractivity contribution < 1.29 is 9.18 Å². The van der Waals surface area contributed by atoms with Gasteiger partial charge in [0, 0.05) is 15.6 Å². The Hall–Kier alpha value is -2.23. The van der Waals surface area contributed by atoms with E-state index < -0.39 is 0 Å². The van der Waals surface area contributed by atoms with Gasteiger partial charge in [-0.2, -0.15) is 0 Å². The molecule has 0 saturated heterocycles. The predicted molar refractivity (Wildman–Crippen MR) is 94.2 cm³/mol. The average molecular weight is 341 g/mol.